The molecule has 8 nitrogen and oxygen atoms in total. The Morgan fingerprint density at radius 2 is 1.70 bits per heavy atom. The van der Waals surface area contributed by atoms with Crippen molar-refractivity contribution in [2.45, 2.75) is 25.7 Å². The maximum atomic E-state index is 12.9. The third kappa shape index (κ3) is 4.14. The number of Topliss-reactive ketones (excluding diaryl/α,β-unsaturated/α-hetero) is 1. The number of fused-ring (bicyclic) bond motifs is 1. The fraction of sp³-hybridized carbons (Fsp3) is 0.300. The first kappa shape index (κ1) is 22.1. The van der Waals surface area contributed by atoms with E-state index in [0.29, 0.717) is 24.6 Å². The molecule has 1 heterocycles. The Hall–Kier alpha value is -2.62. The smallest absolute Gasteiger partial charge is 0.257 e. The lowest BCUT2D eigenvalue weighted by molar-refractivity contribution is 0.101. The molecular weight excluding hydrogens is 432 g/mol. The van der Waals surface area contributed by atoms with Gasteiger partial charge in [-0.2, -0.15) is 4.31 Å². The molecular formula is C20H21ClN2O6S. The summed E-state index contributed by atoms with van der Waals surface area (Å²) in [5.41, 5.74) is 0.414. The van der Waals surface area contributed by atoms with Crippen molar-refractivity contribution in [1.82, 2.24) is 4.31 Å². The molecule has 0 spiro atoms. The number of hydrogen-bond acceptors (Lipinski definition) is 6. The predicted octanol–water partition coefficient (Wildman–Crippen LogP) is 3.55. The first-order chi connectivity index (χ1) is 14.2. The molecule has 2 aromatic rings. The van der Waals surface area contributed by atoms with E-state index in [4.69, 9.17) is 21.1 Å². The molecule has 0 saturated heterocycles. The summed E-state index contributed by atoms with van der Waals surface area (Å²) >= 11 is 6.17. The fourth-order valence-electron chi connectivity index (χ4n) is 3.08. The standard InChI is InChI=1S/C20H21ClN2O6S/c1-4-23(5-2)30(26,27)13-6-7-16(21)15(8-13)20(25)22-17-10-19-18(28-11-29-19)9-14(17)12(3)24/h6-10H,4-5,11H2,1-3H3,(H,22,25). The first-order valence-electron chi connectivity index (χ1n) is 9.24. The zero-order valence-electron chi connectivity index (χ0n) is 16.7. The molecule has 0 aliphatic carbocycles. The number of benzene rings is 2. The third-order valence-corrected chi connectivity index (χ3v) is 7.04. The minimum Gasteiger partial charge on any atom is -0.454 e. The van der Waals surface area contributed by atoms with Gasteiger partial charge in [0, 0.05) is 24.7 Å². The van der Waals surface area contributed by atoms with Gasteiger partial charge in [-0.25, -0.2) is 8.42 Å². The topological polar surface area (TPSA) is 102 Å². The lowest BCUT2D eigenvalue weighted by Gasteiger charge is -2.19. The van der Waals surface area contributed by atoms with E-state index in [-0.39, 0.29) is 39.3 Å². The molecule has 1 amide bonds. The Labute approximate surface area is 179 Å². The van der Waals surface area contributed by atoms with Crippen molar-refractivity contribution in [3.8, 4) is 11.5 Å². The summed E-state index contributed by atoms with van der Waals surface area (Å²) in [5, 5.41) is 2.71. The Balaban J connectivity index is 1.98. The highest BCUT2D eigenvalue weighted by Gasteiger charge is 2.25. The molecule has 0 aromatic heterocycles. The SMILES string of the molecule is CCN(CC)S(=O)(=O)c1ccc(Cl)c(C(=O)Nc2cc3c(cc2C(C)=O)OCO3)c1. The lowest BCUT2D eigenvalue weighted by atomic mass is 10.1. The molecule has 0 fully saturated rings. The number of rotatable bonds is 7. The van der Waals surface area contributed by atoms with Crippen LogP contribution in [0.5, 0.6) is 11.5 Å². The highest BCUT2D eigenvalue weighted by molar-refractivity contribution is 7.89. The molecule has 10 heteroatoms. The van der Waals surface area contributed by atoms with Crippen molar-refractivity contribution in [2.24, 2.45) is 0 Å². The van der Waals surface area contributed by atoms with Crippen LogP contribution in [0.15, 0.2) is 35.2 Å². The molecule has 2 aromatic carbocycles. The maximum Gasteiger partial charge on any atom is 0.257 e. The minimum absolute atomic E-state index is 0.0150. The Bertz CT molecular complexity index is 1110. The normalized spacial score (nSPS) is 12.8. The van der Waals surface area contributed by atoms with Gasteiger partial charge in [0.25, 0.3) is 5.91 Å². The summed E-state index contributed by atoms with van der Waals surface area (Å²) in [6.45, 7) is 5.42. The van der Waals surface area contributed by atoms with Crippen molar-refractivity contribution >= 4 is 39.0 Å². The molecule has 0 bridgehead atoms. The molecule has 0 unspecified atom stereocenters. The van der Waals surface area contributed by atoms with Gasteiger partial charge in [0.05, 0.1) is 21.2 Å². The number of ether oxygens (including phenoxy) is 2. The maximum absolute atomic E-state index is 12.9. The van der Waals surface area contributed by atoms with Gasteiger partial charge in [-0.05, 0) is 31.2 Å². The number of sulfonamides is 1. The van der Waals surface area contributed by atoms with Gasteiger partial charge in [0.15, 0.2) is 17.3 Å². The Morgan fingerprint density at radius 1 is 1.07 bits per heavy atom. The Kier molecular flexibility index (Phi) is 6.35. The lowest BCUT2D eigenvalue weighted by Crippen LogP contribution is -2.30. The average Bonchev–Trinajstić information content (AvgIpc) is 3.15. The highest BCUT2D eigenvalue weighted by Crippen LogP contribution is 2.37. The summed E-state index contributed by atoms with van der Waals surface area (Å²) in [7, 11) is -3.77. The van der Waals surface area contributed by atoms with Gasteiger partial charge in [-0.1, -0.05) is 25.4 Å². The molecule has 3 rings (SSSR count). The number of halogens is 1. The number of carbonyl (C=O) groups excluding carboxylic acids is 2. The minimum atomic E-state index is -3.77. The van der Waals surface area contributed by atoms with Gasteiger partial charge < -0.3 is 14.8 Å². The summed E-state index contributed by atoms with van der Waals surface area (Å²) in [6.07, 6.45) is 0. The van der Waals surface area contributed by atoms with Gasteiger partial charge >= 0.3 is 0 Å². The van der Waals surface area contributed by atoms with Crippen LogP contribution >= 0.6 is 11.6 Å². The quantitative estimate of drug-likeness (QED) is 0.644. The average molecular weight is 453 g/mol. The molecule has 0 saturated carbocycles. The van der Waals surface area contributed by atoms with E-state index in [0.717, 1.165) is 0 Å². The number of nitrogens with one attached hydrogen (secondary N) is 1. The molecule has 1 aliphatic heterocycles. The van der Waals surface area contributed by atoms with E-state index in [2.05, 4.69) is 5.32 Å². The van der Waals surface area contributed by atoms with Crippen LogP contribution in [0.25, 0.3) is 0 Å². The predicted molar refractivity (Wildman–Crippen MR) is 112 cm³/mol. The molecule has 1 aliphatic rings. The van der Waals surface area contributed by atoms with E-state index < -0.39 is 15.9 Å². The summed E-state index contributed by atoms with van der Waals surface area (Å²) in [4.78, 5) is 24.9. The second-order valence-corrected chi connectivity index (χ2v) is 8.84. The Morgan fingerprint density at radius 3 is 2.30 bits per heavy atom. The van der Waals surface area contributed by atoms with Crippen LogP contribution in [0.2, 0.25) is 5.02 Å². The molecule has 160 valence electrons. The van der Waals surface area contributed by atoms with E-state index in [1.165, 1.54) is 41.6 Å². The van der Waals surface area contributed by atoms with Gasteiger partial charge in [0.2, 0.25) is 16.8 Å². The van der Waals surface area contributed by atoms with Gasteiger partial charge in [0.1, 0.15) is 0 Å². The van der Waals surface area contributed by atoms with Crippen LogP contribution in [-0.4, -0.2) is 44.3 Å². The number of hydrogen-bond donors (Lipinski definition) is 1. The molecule has 30 heavy (non-hydrogen) atoms. The second kappa shape index (κ2) is 8.63. The summed E-state index contributed by atoms with van der Waals surface area (Å²) in [6, 6.07) is 6.92. The van der Waals surface area contributed by atoms with Crippen molar-refractivity contribution in [2.75, 3.05) is 25.2 Å². The van der Waals surface area contributed by atoms with Crippen molar-refractivity contribution in [3.05, 3.63) is 46.5 Å². The van der Waals surface area contributed by atoms with Crippen molar-refractivity contribution < 1.29 is 27.5 Å². The van der Waals surface area contributed by atoms with E-state index in [1.54, 1.807) is 13.8 Å². The van der Waals surface area contributed by atoms with Crippen LogP contribution in [-0.2, 0) is 10.0 Å². The summed E-state index contributed by atoms with van der Waals surface area (Å²) < 4.78 is 37.4. The van der Waals surface area contributed by atoms with Gasteiger partial charge in [-0.15, -0.1) is 0 Å². The molecule has 0 atom stereocenters. The van der Waals surface area contributed by atoms with Crippen LogP contribution in [0, 0.1) is 0 Å². The van der Waals surface area contributed by atoms with Crippen LogP contribution < -0.4 is 14.8 Å². The fourth-order valence-corrected chi connectivity index (χ4v) is 4.77. The number of nitrogens with zero attached hydrogens (tertiary/aromatic N) is 1. The first-order valence-corrected chi connectivity index (χ1v) is 11.1. The van der Waals surface area contributed by atoms with E-state index >= 15 is 0 Å². The molecule has 1 N–H and O–H groups in total. The zero-order chi connectivity index (χ0) is 22.1. The van der Waals surface area contributed by atoms with E-state index in [9.17, 15) is 18.0 Å². The van der Waals surface area contributed by atoms with Crippen LogP contribution in [0.4, 0.5) is 5.69 Å². The highest BCUT2D eigenvalue weighted by atomic mass is 35.5. The number of ketones is 1. The van der Waals surface area contributed by atoms with Crippen LogP contribution in [0.3, 0.4) is 0 Å². The monoisotopic (exact) mass is 452 g/mol. The van der Waals surface area contributed by atoms with Crippen LogP contribution in [0.1, 0.15) is 41.5 Å². The van der Waals surface area contributed by atoms with Gasteiger partial charge in [-0.3, -0.25) is 9.59 Å². The number of amides is 1. The number of anilines is 1. The number of carbonyl (C=O) groups is 2. The zero-order valence-corrected chi connectivity index (χ0v) is 18.3. The van der Waals surface area contributed by atoms with E-state index in [1.807, 2.05) is 0 Å². The van der Waals surface area contributed by atoms with Crippen molar-refractivity contribution in [3.63, 3.8) is 0 Å². The second-order valence-electron chi connectivity index (χ2n) is 6.49. The molecule has 0 radical (unpaired) electrons. The largest absolute Gasteiger partial charge is 0.454 e. The van der Waals surface area contributed by atoms with Crippen molar-refractivity contribution in [1.29, 1.82) is 0 Å². The third-order valence-electron chi connectivity index (χ3n) is 4.67. The summed E-state index contributed by atoms with van der Waals surface area (Å²) in [5.74, 6) is -0.145.